The summed E-state index contributed by atoms with van der Waals surface area (Å²) in [5, 5.41) is 32.7. The zero-order chi connectivity index (χ0) is 18.4. The normalized spacial score (nSPS) is 55.2. The molecule has 5 unspecified atom stereocenters. The van der Waals surface area contributed by atoms with Crippen LogP contribution in [0.5, 0.6) is 0 Å². The summed E-state index contributed by atoms with van der Waals surface area (Å²) < 4.78 is 23.6. The summed E-state index contributed by atoms with van der Waals surface area (Å²) in [5.41, 5.74) is -3.34. The SMILES string of the molecule is C=C(C)C#C[C@@]1(O)C2OC3(C)OC1[C@@H]1OC(C)(C)[C@H](O)CC1(O3)C2O. The fraction of sp³-hybridized carbons (Fsp3) is 0.778. The maximum absolute atomic E-state index is 11.3. The minimum atomic E-state index is -1.78. The lowest BCUT2D eigenvalue weighted by molar-refractivity contribution is -0.576. The Balaban J connectivity index is 1.85. The van der Waals surface area contributed by atoms with Crippen LogP contribution in [-0.4, -0.2) is 68.6 Å². The first-order valence-corrected chi connectivity index (χ1v) is 8.44. The number of rotatable bonds is 0. The fourth-order valence-electron chi connectivity index (χ4n) is 4.36. The Bertz CT molecular complexity index is 693. The molecule has 4 heterocycles. The van der Waals surface area contributed by atoms with Crippen LogP contribution in [0.25, 0.3) is 0 Å². The summed E-state index contributed by atoms with van der Waals surface area (Å²) in [6.45, 7) is 10.5. The van der Waals surface area contributed by atoms with Crippen molar-refractivity contribution in [3.8, 4) is 11.8 Å². The van der Waals surface area contributed by atoms with E-state index in [0.717, 1.165) is 0 Å². The number of allylic oxidation sites excluding steroid dienone is 1. The molecule has 4 aliphatic heterocycles. The Morgan fingerprint density at radius 2 is 1.72 bits per heavy atom. The van der Waals surface area contributed by atoms with Crippen molar-refractivity contribution in [3.05, 3.63) is 12.2 Å². The van der Waals surface area contributed by atoms with E-state index < -0.39 is 53.3 Å². The lowest BCUT2D eigenvalue weighted by Crippen LogP contribution is -2.89. The van der Waals surface area contributed by atoms with Crippen LogP contribution < -0.4 is 0 Å². The highest BCUT2D eigenvalue weighted by Gasteiger charge is 2.79. The van der Waals surface area contributed by atoms with Crippen LogP contribution in [-0.2, 0) is 18.9 Å². The topological polar surface area (TPSA) is 97.6 Å². The van der Waals surface area contributed by atoms with E-state index in [1.165, 1.54) is 0 Å². The van der Waals surface area contributed by atoms with Gasteiger partial charge in [-0.3, -0.25) is 0 Å². The molecule has 3 N–H and O–H groups in total. The lowest BCUT2D eigenvalue weighted by Gasteiger charge is -2.70. The molecule has 1 saturated carbocycles. The predicted octanol–water partition coefficient (Wildman–Crippen LogP) is -0.173. The number of ether oxygens (including phenoxy) is 4. The van der Waals surface area contributed by atoms with Crippen LogP contribution in [0.3, 0.4) is 0 Å². The largest absolute Gasteiger partial charge is 0.390 e. The first-order valence-electron chi connectivity index (χ1n) is 8.44. The second-order valence-electron chi connectivity index (χ2n) is 8.16. The number of aliphatic hydroxyl groups excluding tert-OH is 2. The Morgan fingerprint density at radius 3 is 2.36 bits per heavy atom. The van der Waals surface area contributed by atoms with E-state index in [4.69, 9.17) is 18.9 Å². The zero-order valence-corrected chi connectivity index (χ0v) is 14.8. The van der Waals surface area contributed by atoms with Gasteiger partial charge in [0.1, 0.15) is 30.0 Å². The molecule has 7 heteroatoms. The molecule has 0 radical (unpaired) electrons. The van der Waals surface area contributed by atoms with Crippen molar-refractivity contribution in [1.82, 2.24) is 0 Å². The van der Waals surface area contributed by atoms with Crippen LogP contribution in [0.2, 0.25) is 0 Å². The van der Waals surface area contributed by atoms with Crippen molar-refractivity contribution >= 4 is 0 Å². The smallest absolute Gasteiger partial charge is 0.281 e. The maximum Gasteiger partial charge on any atom is 0.281 e. The minimum absolute atomic E-state index is 0.144. The van der Waals surface area contributed by atoms with Gasteiger partial charge in [0.15, 0.2) is 5.60 Å². The van der Waals surface area contributed by atoms with Crippen molar-refractivity contribution in [2.24, 2.45) is 0 Å². The number of aliphatic hydroxyl groups is 3. The van der Waals surface area contributed by atoms with Gasteiger partial charge in [0.25, 0.3) is 5.97 Å². The second kappa shape index (κ2) is 4.84. The molecule has 4 saturated heterocycles. The monoisotopic (exact) mass is 352 g/mol. The van der Waals surface area contributed by atoms with Crippen molar-refractivity contribution in [2.75, 3.05) is 0 Å². The quantitative estimate of drug-likeness (QED) is 0.521. The van der Waals surface area contributed by atoms with E-state index in [0.29, 0.717) is 5.57 Å². The lowest BCUT2D eigenvalue weighted by atomic mass is 9.62. The molecule has 138 valence electrons. The van der Waals surface area contributed by atoms with E-state index in [1.807, 2.05) is 0 Å². The Labute approximate surface area is 146 Å². The molecule has 5 fully saturated rings. The summed E-state index contributed by atoms with van der Waals surface area (Å²) in [6, 6.07) is 0. The average Bonchev–Trinajstić information content (AvgIpc) is 2.49. The molecule has 4 bridgehead atoms. The first-order chi connectivity index (χ1) is 11.4. The third kappa shape index (κ3) is 2.14. The predicted molar refractivity (Wildman–Crippen MR) is 85.1 cm³/mol. The summed E-state index contributed by atoms with van der Waals surface area (Å²) >= 11 is 0. The van der Waals surface area contributed by atoms with E-state index >= 15 is 0 Å². The molecule has 5 rings (SSSR count). The molecule has 7 nitrogen and oxygen atoms in total. The molecule has 5 aliphatic rings. The molecule has 0 aromatic carbocycles. The molecule has 1 aliphatic carbocycles. The highest BCUT2D eigenvalue weighted by Crippen LogP contribution is 2.59. The highest BCUT2D eigenvalue weighted by atomic mass is 16.9. The molecule has 25 heavy (non-hydrogen) atoms. The summed E-state index contributed by atoms with van der Waals surface area (Å²) in [4.78, 5) is 0. The van der Waals surface area contributed by atoms with Crippen LogP contribution in [0.4, 0.5) is 0 Å². The Kier molecular flexibility index (Phi) is 3.38. The molecular formula is C18H24O7. The number of hydrogen-bond donors (Lipinski definition) is 3. The average molecular weight is 352 g/mol. The maximum atomic E-state index is 11.3. The van der Waals surface area contributed by atoms with E-state index in [-0.39, 0.29) is 6.42 Å². The minimum Gasteiger partial charge on any atom is -0.390 e. The van der Waals surface area contributed by atoms with Crippen LogP contribution >= 0.6 is 0 Å². The Hall–Kier alpha value is -0.980. The number of hydrogen-bond acceptors (Lipinski definition) is 7. The van der Waals surface area contributed by atoms with E-state index in [9.17, 15) is 15.3 Å². The van der Waals surface area contributed by atoms with Crippen LogP contribution in [0.15, 0.2) is 12.2 Å². The van der Waals surface area contributed by atoms with Gasteiger partial charge in [-0.1, -0.05) is 18.4 Å². The summed E-state index contributed by atoms with van der Waals surface area (Å²) in [5.74, 6) is 4.08. The van der Waals surface area contributed by atoms with Gasteiger partial charge in [-0.05, 0) is 26.3 Å². The first kappa shape index (κ1) is 17.4. The molecule has 0 aromatic rings. The third-order valence-corrected chi connectivity index (χ3v) is 5.69. The van der Waals surface area contributed by atoms with E-state index in [1.54, 1.807) is 27.7 Å². The molecular weight excluding hydrogens is 328 g/mol. The van der Waals surface area contributed by atoms with Crippen molar-refractivity contribution in [2.45, 2.75) is 87.4 Å². The molecule has 0 aromatic heterocycles. The third-order valence-electron chi connectivity index (χ3n) is 5.69. The van der Waals surface area contributed by atoms with Gasteiger partial charge in [-0.25, -0.2) is 0 Å². The van der Waals surface area contributed by atoms with Gasteiger partial charge in [-0.15, -0.1) is 0 Å². The van der Waals surface area contributed by atoms with Crippen LogP contribution in [0.1, 0.15) is 34.1 Å². The van der Waals surface area contributed by atoms with Gasteiger partial charge in [0, 0.05) is 13.3 Å². The zero-order valence-electron chi connectivity index (χ0n) is 14.8. The van der Waals surface area contributed by atoms with Gasteiger partial charge in [0.05, 0.1) is 11.7 Å². The molecule has 0 amide bonds. The molecule has 1 spiro atoms. The fourth-order valence-corrected chi connectivity index (χ4v) is 4.36. The standard InChI is InChI=1S/C18H24O7/c1-9(2)6-7-17(21)12-11(20)18-8-10(19)15(3,4)22-14(18)13(17)24-16(5,23-12)25-18/h10-14,19-21H,1,8H2,2-5H3/t10-,11?,12?,13?,14+,16?,17-,18?/m1/s1. The van der Waals surface area contributed by atoms with Crippen molar-refractivity contribution < 1.29 is 34.3 Å². The van der Waals surface area contributed by atoms with Gasteiger partial charge >= 0.3 is 0 Å². The van der Waals surface area contributed by atoms with E-state index in [2.05, 4.69) is 18.4 Å². The second-order valence-corrected chi connectivity index (χ2v) is 8.16. The molecule has 8 atom stereocenters. The van der Waals surface area contributed by atoms with Crippen LogP contribution in [0, 0.1) is 11.8 Å². The van der Waals surface area contributed by atoms with Gasteiger partial charge in [-0.2, -0.15) is 0 Å². The van der Waals surface area contributed by atoms with Gasteiger partial charge < -0.3 is 34.3 Å². The summed E-state index contributed by atoms with van der Waals surface area (Å²) in [7, 11) is 0. The Morgan fingerprint density at radius 1 is 1.08 bits per heavy atom. The van der Waals surface area contributed by atoms with Crippen molar-refractivity contribution in [3.63, 3.8) is 0 Å². The van der Waals surface area contributed by atoms with Crippen molar-refractivity contribution in [1.29, 1.82) is 0 Å². The van der Waals surface area contributed by atoms with Gasteiger partial charge in [0.2, 0.25) is 0 Å². The highest BCUT2D eigenvalue weighted by molar-refractivity contribution is 5.37. The summed E-state index contributed by atoms with van der Waals surface area (Å²) in [6.07, 6.45) is -4.70.